The lowest BCUT2D eigenvalue weighted by atomic mass is 10.1. The number of carbonyl (C=O) groups is 1. The Kier molecular flexibility index (Phi) is 3.97. The van der Waals surface area contributed by atoms with Crippen molar-refractivity contribution in [1.82, 2.24) is 20.2 Å². The smallest absolute Gasteiger partial charge is 0.222 e. The first-order valence-electron chi connectivity index (χ1n) is 7.23. The molecule has 106 valence electrons. The van der Waals surface area contributed by atoms with Crippen molar-refractivity contribution in [1.29, 1.82) is 0 Å². The second-order valence-electron chi connectivity index (χ2n) is 5.27. The van der Waals surface area contributed by atoms with Crippen LogP contribution in [0.25, 0.3) is 11.0 Å². The molecule has 0 radical (unpaired) electrons. The third-order valence-corrected chi connectivity index (χ3v) is 3.81. The van der Waals surface area contributed by atoms with Gasteiger partial charge in [-0.2, -0.15) is 0 Å². The van der Waals surface area contributed by atoms with Gasteiger partial charge in [0.05, 0.1) is 17.4 Å². The molecule has 1 aromatic heterocycles. The number of nitrogens with one attached hydrogen (secondary N) is 2. The maximum absolute atomic E-state index is 12.0. The van der Waals surface area contributed by atoms with Gasteiger partial charge in [-0.1, -0.05) is 12.1 Å². The van der Waals surface area contributed by atoms with Crippen molar-refractivity contribution in [2.45, 2.75) is 31.8 Å². The largest absolute Gasteiger partial charge is 0.353 e. The van der Waals surface area contributed by atoms with Crippen LogP contribution < -0.4 is 10.6 Å². The van der Waals surface area contributed by atoms with Crippen molar-refractivity contribution in [3.8, 4) is 0 Å². The van der Waals surface area contributed by atoms with Gasteiger partial charge in [-0.15, -0.1) is 0 Å². The summed E-state index contributed by atoms with van der Waals surface area (Å²) in [7, 11) is 0. The first-order chi connectivity index (χ1) is 9.83. The fraction of sp³-hybridized carbons (Fsp3) is 0.467. The van der Waals surface area contributed by atoms with Crippen LogP contribution in [0.1, 0.15) is 19.3 Å². The summed E-state index contributed by atoms with van der Waals surface area (Å²) in [6.07, 6.45) is 4.37. The fourth-order valence-corrected chi connectivity index (χ4v) is 2.68. The van der Waals surface area contributed by atoms with Gasteiger partial charge in [-0.25, -0.2) is 4.98 Å². The summed E-state index contributed by atoms with van der Waals surface area (Å²) in [5, 5.41) is 6.42. The third kappa shape index (κ3) is 2.99. The van der Waals surface area contributed by atoms with Crippen molar-refractivity contribution in [2.75, 3.05) is 13.1 Å². The molecule has 0 saturated carbocycles. The van der Waals surface area contributed by atoms with E-state index in [1.807, 2.05) is 35.2 Å². The highest BCUT2D eigenvalue weighted by molar-refractivity contribution is 5.77. The van der Waals surface area contributed by atoms with Gasteiger partial charge in [0.25, 0.3) is 0 Å². The molecule has 0 unspecified atom stereocenters. The van der Waals surface area contributed by atoms with Crippen molar-refractivity contribution < 1.29 is 4.79 Å². The van der Waals surface area contributed by atoms with Gasteiger partial charge in [0.1, 0.15) is 0 Å². The number of imidazole rings is 1. The van der Waals surface area contributed by atoms with E-state index in [0.717, 1.165) is 37.0 Å². The van der Waals surface area contributed by atoms with Gasteiger partial charge in [-0.05, 0) is 38.1 Å². The summed E-state index contributed by atoms with van der Waals surface area (Å²) in [6.45, 7) is 2.67. The standard InChI is InChI=1S/C15H20N4O/c20-15(18-12-5-8-16-9-6-12)7-10-19-11-17-13-3-1-2-4-14(13)19/h1-4,11-12,16H,5-10H2,(H,18,20). The minimum Gasteiger partial charge on any atom is -0.353 e. The van der Waals surface area contributed by atoms with E-state index in [9.17, 15) is 4.79 Å². The Morgan fingerprint density at radius 1 is 1.35 bits per heavy atom. The minimum absolute atomic E-state index is 0.134. The number of aromatic nitrogens is 2. The average molecular weight is 272 g/mol. The van der Waals surface area contributed by atoms with E-state index in [-0.39, 0.29) is 5.91 Å². The number of hydrogen-bond acceptors (Lipinski definition) is 3. The number of aryl methyl sites for hydroxylation is 1. The number of fused-ring (bicyclic) bond motifs is 1. The van der Waals surface area contributed by atoms with Gasteiger partial charge in [0.2, 0.25) is 5.91 Å². The molecule has 1 amide bonds. The number of piperidine rings is 1. The lowest BCUT2D eigenvalue weighted by Gasteiger charge is -2.23. The first-order valence-corrected chi connectivity index (χ1v) is 7.23. The van der Waals surface area contributed by atoms with E-state index in [1.54, 1.807) is 0 Å². The van der Waals surface area contributed by atoms with E-state index < -0.39 is 0 Å². The lowest BCUT2D eigenvalue weighted by Crippen LogP contribution is -2.42. The summed E-state index contributed by atoms with van der Waals surface area (Å²) >= 11 is 0. The Morgan fingerprint density at radius 2 is 2.15 bits per heavy atom. The summed E-state index contributed by atoms with van der Waals surface area (Å²) < 4.78 is 2.04. The monoisotopic (exact) mass is 272 g/mol. The summed E-state index contributed by atoms with van der Waals surface area (Å²) in [5.41, 5.74) is 2.06. The zero-order valence-electron chi connectivity index (χ0n) is 11.5. The maximum Gasteiger partial charge on any atom is 0.222 e. The number of amides is 1. The van der Waals surface area contributed by atoms with Crippen LogP contribution in [0.3, 0.4) is 0 Å². The van der Waals surface area contributed by atoms with Crippen LogP contribution in [-0.2, 0) is 11.3 Å². The van der Waals surface area contributed by atoms with Crippen LogP contribution in [0.4, 0.5) is 0 Å². The number of benzene rings is 1. The molecule has 0 spiro atoms. The molecular weight excluding hydrogens is 252 g/mol. The average Bonchev–Trinajstić information content (AvgIpc) is 2.89. The molecule has 1 aromatic carbocycles. The quantitative estimate of drug-likeness (QED) is 0.882. The Hall–Kier alpha value is -1.88. The molecule has 0 atom stereocenters. The van der Waals surface area contributed by atoms with Gasteiger partial charge in [0.15, 0.2) is 0 Å². The topological polar surface area (TPSA) is 59.0 Å². The highest BCUT2D eigenvalue weighted by Crippen LogP contribution is 2.12. The van der Waals surface area contributed by atoms with Crippen molar-refractivity contribution in [3.05, 3.63) is 30.6 Å². The fourth-order valence-electron chi connectivity index (χ4n) is 2.68. The molecule has 2 heterocycles. The zero-order valence-corrected chi connectivity index (χ0v) is 11.5. The van der Waals surface area contributed by atoms with Crippen LogP contribution >= 0.6 is 0 Å². The van der Waals surface area contributed by atoms with Gasteiger partial charge >= 0.3 is 0 Å². The Bertz CT molecular complexity index is 586. The van der Waals surface area contributed by atoms with E-state index in [1.165, 1.54) is 0 Å². The van der Waals surface area contributed by atoms with Crippen LogP contribution in [0.2, 0.25) is 0 Å². The molecule has 1 fully saturated rings. The highest BCUT2D eigenvalue weighted by atomic mass is 16.1. The molecule has 2 N–H and O–H groups in total. The van der Waals surface area contributed by atoms with E-state index >= 15 is 0 Å². The molecule has 1 aliphatic heterocycles. The lowest BCUT2D eigenvalue weighted by molar-refractivity contribution is -0.122. The number of rotatable bonds is 4. The molecule has 5 heteroatoms. The van der Waals surface area contributed by atoms with Crippen LogP contribution in [-0.4, -0.2) is 34.6 Å². The third-order valence-electron chi connectivity index (χ3n) is 3.81. The van der Waals surface area contributed by atoms with Gasteiger partial charge in [-0.3, -0.25) is 4.79 Å². The minimum atomic E-state index is 0.134. The second-order valence-corrected chi connectivity index (χ2v) is 5.27. The van der Waals surface area contributed by atoms with Crippen molar-refractivity contribution >= 4 is 16.9 Å². The molecule has 3 rings (SSSR count). The normalized spacial score (nSPS) is 16.4. The molecule has 2 aromatic rings. The van der Waals surface area contributed by atoms with Crippen molar-refractivity contribution in [3.63, 3.8) is 0 Å². The number of carbonyl (C=O) groups excluding carboxylic acids is 1. The summed E-state index contributed by atoms with van der Waals surface area (Å²) in [6, 6.07) is 8.33. The Morgan fingerprint density at radius 3 is 3.00 bits per heavy atom. The van der Waals surface area contributed by atoms with Crippen LogP contribution in [0.15, 0.2) is 30.6 Å². The predicted molar refractivity (Wildman–Crippen MR) is 78.4 cm³/mol. The second kappa shape index (κ2) is 6.05. The number of hydrogen-bond donors (Lipinski definition) is 2. The van der Waals surface area contributed by atoms with E-state index in [4.69, 9.17) is 0 Å². The molecule has 1 saturated heterocycles. The predicted octanol–water partition coefficient (Wildman–Crippen LogP) is 1.29. The molecule has 1 aliphatic rings. The van der Waals surface area contributed by atoms with Crippen LogP contribution in [0, 0.1) is 0 Å². The summed E-state index contributed by atoms with van der Waals surface area (Å²) in [5.74, 6) is 0.134. The molecular formula is C15H20N4O. The van der Waals surface area contributed by atoms with E-state index in [2.05, 4.69) is 15.6 Å². The number of nitrogens with zero attached hydrogens (tertiary/aromatic N) is 2. The molecule has 20 heavy (non-hydrogen) atoms. The Labute approximate surface area is 118 Å². The van der Waals surface area contributed by atoms with Crippen LogP contribution in [0.5, 0.6) is 0 Å². The SMILES string of the molecule is O=C(CCn1cnc2ccccc21)NC1CCNCC1. The first kappa shape index (κ1) is 13.1. The van der Waals surface area contributed by atoms with Crippen molar-refractivity contribution in [2.24, 2.45) is 0 Å². The molecule has 0 bridgehead atoms. The maximum atomic E-state index is 12.0. The number of para-hydroxylation sites is 2. The van der Waals surface area contributed by atoms with Gasteiger partial charge in [0, 0.05) is 19.0 Å². The molecule has 0 aliphatic carbocycles. The zero-order chi connectivity index (χ0) is 13.8. The van der Waals surface area contributed by atoms with E-state index in [0.29, 0.717) is 19.0 Å². The highest BCUT2D eigenvalue weighted by Gasteiger charge is 2.15. The van der Waals surface area contributed by atoms with Gasteiger partial charge < -0.3 is 15.2 Å². The molecule has 5 nitrogen and oxygen atoms in total. The summed E-state index contributed by atoms with van der Waals surface area (Å²) in [4.78, 5) is 16.3. The Balaban J connectivity index is 1.54.